The molecule has 1 aromatic rings. The lowest BCUT2D eigenvalue weighted by Crippen LogP contribution is -2.56. The van der Waals surface area contributed by atoms with Crippen molar-refractivity contribution in [3.8, 4) is 0 Å². The molecule has 1 heterocycles. The molecule has 0 spiro atoms. The lowest BCUT2D eigenvalue weighted by Gasteiger charge is -2.39. The van der Waals surface area contributed by atoms with E-state index in [4.69, 9.17) is 27.9 Å². The summed E-state index contributed by atoms with van der Waals surface area (Å²) < 4.78 is 32.2. The summed E-state index contributed by atoms with van der Waals surface area (Å²) in [6, 6.07) is 4.51. The monoisotopic (exact) mass is 422 g/mol. The average Bonchev–Trinajstić information content (AvgIpc) is 2.48. The van der Waals surface area contributed by atoms with Crippen LogP contribution in [0.3, 0.4) is 0 Å². The summed E-state index contributed by atoms with van der Waals surface area (Å²) in [6.45, 7) is 7.95. The number of ether oxygens (including phenoxy) is 1. The zero-order valence-corrected chi connectivity index (χ0v) is 17.7. The first-order valence-electron chi connectivity index (χ1n) is 8.30. The van der Waals surface area contributed by atoms with Crippen molar-refractivity contribution in [3.63, 3.8) is 0 Å². The number of piperazine rings is 1. The van der Waals surface area contributed by atoms with Crippen LogP contribution in [0.1, 0.15) is 33.3 Å². The van der Waals surface area contributed by atoms with Gasteiger partial charge in [0.1, 0.15) is 5.60 Å². The standard InChI is InChI=1S/C17H24Cl2N2O4S/c1-12-10-20(7-8-21(12)16(22)25-17(2,3)4)26(23,24)11-13-5-6-14(18)15(19)9-13/h5-6,9,12H,7-8,10-11H2,1-4H3/t12-/m0/s1. The summed E-state index contributed by atoms with van der Waals surface area (Å²) in [5.41, 5.74) is -0.0185. The van der Waals surface area contributed by atoms with E-state index in [9.17, 15) is 13.2 Å². The SMILES string of the molecule is C[C@H]1CN(S(=O)(=O)Cc2ccc(Cl)c(Cl)c2)CCN1C(=O)OC(C)(C)C. The van der Waals surface area contributed by atoms with Crippen molar-refractivity contribution in [2.45, 2.75) is 45.1 Å². The van der Waals surface area contributed by atoms with Crippen molar-refractivity contribution in [1.82, 2.24) is 9.21 Å². The number of sulfonamides is 1. The van der Waals surface area contributed by atoms with E-state index in [-0.39, 0.29) is 31.4 Å². The van der Waals surface area contributed by atoms with Crippen molar-refractivity contribution in [3.05, 3.63) is 33.8 Å². The predicted molar refractivity (Wildman–Crippen MR) is 103 cm³/mol. The lowest BCUT2D eigenvalue weighted by molar-refractivity contribution is 0.00857. The summed E-state index contributed by atoms with van der Waals surface area (Å²) in [6.07, 6.45) is -0.425. The van der Waals surface area contributed by atoms with E-state index in [0.717, 1.165) is 0 Å². The van der Waals surface area contributed by atoms with Gasteiger partial charge in [0.2, 0.25) is 10.0 Å². The molecule has 1 aliphatic rings. The van der Waals surface area contributed by atoms with Crippen LogP contribution >= 0.6 is 23.2 Å². The van der Waals surface area contributed by atoms with Gasteiger partial charge in [0.15, 0.2) is 0 Å². The van der Waals surface area contributed by atoms with Gasteiger partial charge in [-0.15, -0.1) is 0 Å². The second-order valence-corrected chi connectivity index (χ2v) is 10.2. The molecular weight excluding hydrogens is 399 g/mol. The van der Waals surface area contributed by atoms with Crippen molar-refractivity contribution in [1.29, 1.82) is 0 Å². The molecule has 0 radical (unpaired) electrons. The van der Waals surface area contributed by atoms with E-state index in [2.05, 4.69) is 0 Å². The first kappa shape index (κ1) is 21.3. The van der Waals surface area contributed by atoms with Gasteiger partial charge in [-0.3, -0.25) is 0 Å². The Kier molecular flexibility index (Phi) is 6.48. The van der Waals surface area contributed by atoms with Crippen molar-refractivity contribution < 1.29 is 17.9 Å². The van der Waals surface area contributed by atoms with Gasteiger partial charge in [-0.25, -0.2) is 13.2 Å². The summed E-state index contributed by atoms with van der Waals surface area (Å²) in [5.74, 6) is -0.164. The molecule has 1 saturated heterocycles. The molecule has 2 rings (SSSR count). The highest BCUT2D eigenvalue weighted by atomic mass is 35.5. The molecule has 0 N–H and O–H groups in total. The van der Waals surface area contributed by atoms with E-state index in [1.54, 1.807) is 43.9 Å². The predicted octanol–water partition coefficient (Wildman–Crippen LogP) is 3.76. The van der Waals surface area contributed by atoms with Crippen molar-refractivity contribution >= 4 is 39.3 Å². The smallest absolute Gasteiger partial charge is 0.410 e. The molecule has 6 nitrogen and oxygen atoms in total. The lowest BCUT2D eigenvalue weighted by atomic mass is 10.2. The van der Waals surface area contributed by atoms with Gasteiger partial charge in [-0.2, -0.15) is 4.31 Å². The molecule has 1 amide bonds. The van der Waals surface area contributed by atoms with Gasteiger partial charge in [0.25, 0.3) is 0 Å². The molecule has 0 saturated carbocycles. The molecule has 1 aliphatic heterocycles. The Balaban J connectivity index is 2.04. The highest BCUT2D eigenvalue weighted by molar-refractivity contribution is 7.88. The summed E-state index contributed by atoms with van der Waals surface area (Å²) in [5, 5.41) is 0.704. The van der Waals surface area contributed by atoms with Crippen LogP contribution in [-0.2, 0) is 20.5 Å². The van der Waals surface area contributed by atoms with Gasteiger partial charge in [-0.05, 0) is 45.4 Å². The van der Waals surface area contributed by atoms with Crippen LogP contribution in [0.2, 0.25) is 10.0 Å². The van der Waals surface area contributed by atoms with Crippen LogP contribution in [0.5, 0.6) is 0 Å². The fourth-order valence-electron chi connectivity index (χ4n) is 2.70. The van der Waals surface area contributed by atoms with Crippen LogP contribution in [0, 0.1) is 0 Å². The van der Waals surface area contributed by atoms with Gasteiger partial charge < -0.3 is 9.64 Å². The Labute approximate surface area is 165 Å². The minimum absolute atomic E-state index is 0.164. The van der Waals surface area contributed by atoms with E-state index in [1.165, 1.54) is 4.31 Å². The van der Waals surface area contributed by atoms with Crippen molar-refractivity contribution in [2.75, 3.05) is 19.6 Å². The zero-order valence-electron chi connectivity index (χ0n) is 15.3. The van der Waals surface area contributed by atoms with Gasteiger partial charge >= 0.3 is 6.09 Å². The second-order valence-electron chi connectivity index (χ2n) is 7.39. The van der Waals surface area contributed by atoms with E-state index < -0.39 is 21.7 Å². The van der Waals surface area contributed by atoms with E-state index in [1.807, 2.05) is 6.92 Å². The number of benzene rings is 1. The molecule has 1 atom stereocenters. The largest absolute Gasteiger partial charge is 0.444 e. The Morgan fingerprint density at radius 1 is 1.23 bits per heavy atom. The number of halogens is 2. The summed E-state index contributed by atoms with van der Waals surface area (Å²) in [4.78, 5) is 13.8. The third-order valence-corrected chi connectivity index (χ3v) is 6.50. The van der Waals surface area contributed by atoms with Crippen molar-refractivity contribution in [2.24, 2.45) is 0 Å². The number of nitrogens with zero attached hydrogens (tertiary/aromatic N) is 2. The molecular formula is C17H24Cl2N2O4S. The topological polar surface area (TPSA) is 66.9 Å². The maximum absolute atomic E-state index is 12.7. The van der Waals surface area contributed by atoms with Crippen LogP contribution in [-0.4, -0.2) is 55.0 Å². The van der Waals surface area contributed by atoms with Crippen LogP contribution in [0.4, 0.5) is 4.79 Å². The zero-order chi connectivity index (χ0) is 19.7. The molecule has 0 aliphatic carbocycles. The summed E-state index contributed by atoms with van der Waals surface area (Å²) >= 11 is 11.8. The third-order valence-electron chi connectivity index (χ3n) is 3.94. The van der Waals surface area contributed by atoms with Crippen LogP contribution in [0.15, 0.2) is 18.2 Å². The minimum Gasteiger partial charge on any atom is -0.444 e. The molecule has 9 heteroatoms. The molecule has 26 heavy (non-hydrogen) atoms. The Morgan fingerprint density at radius 3 is 2.42 bits per heavy atom. The Morgan fingerprint density at radius 2 is 1.88 bits per heavy atom. The fraction of sp³-hybridized carbons (Fsp3) is 0.588. The fourth-order valence-corrected chi connectivity index (χ4v) is 4.61. The first-order chi connectivity index (χ1) is 11.9. The molecule has 0 aromatic heterocycles. The minimum atomic E-state index is -3.53. The highest BCUT2D eigenvalue weighted by Crippen LogP contribution is 2.25. The Bertz CT molecular complexity index is 777. The van der Waals surface area contributed by atoms with Gasteiger partial charge in [-0.1, -0.05) is 29.3 Å². The molecule has 146 valence electrons. The van der Waals surface area contributed by atoms with Gasteiger partial charge in [0, 0.05) is 25.7 Å². The number of hydrogen-bond donors (Lipinski definition) is 0. The number of hydrogen-bond acceptors (Lipinski definition) is 4. The molecule has 1 fully saturated rings. The summed E-state index contributed by atoms with van der Waals surface area (Å²) in [7, 11) is -3.53. The molecule has 0 bridgehead atoms. The number of amides is 1. The molecule has 0 unspecified atom stereocenters. The second kappa shape index (κ2) is 7.92. The first-order valence-corrected chi connectivity index (χ1v) is 10.7. The number of rotatable bonds is 3. The number of carbonyl (C=O) groups is 1. The highest BCUT2D eigenvalue weighted by Gasteiger charge is 2.35. The Hall–Kier alpha value is -1.02. The maximum Gasteiger partial charge on any atom is 0.410 e. The van der Waals surface area contributed by atoms with Crippen LogP contribution < -0.4 is 0 Å². The van der Waals surface area contributed by atoms with E-state index in [0.29, 0.717) is 15.6 Å². The van der Waals surface area contributed by atoms with Gasteiger partial charge in [0.05, 0.1) is 15.8 Å². The maximum atomic E-state index is 12.7. The normalized spacial score (nSPS) is 19.5. The average molecular weight is 423 g/mol. The van der Waals surface area contributed by atoms with Crippen LogP contribution in [0.25, 0.3) is 0 Å². The van der Waals surface area contributed by atoms with E-state index >= 15 is 0 Å². The quantitative estimate of drug-likeness (QED) is 0.743. The molecule has 1 aromatic carbocycles. The third kappa shape index (κ3) is 5.49. The number of carbonyl (C=O) groups excluding carboxylic acids is 1.